The summed E-state index contributed by atoms with van der Waals surface area (Å²) in [5.74, 6) is 4.97. The van der Waals surface area contributed by atoms with E-state index in [0.29, 0.717) is 41.0 Å². The van der Waals surface area contributed by atoms with Crippen molar-refractivity contribution in [1.29, 1.82) is 0 Å². The van der Waals surface area contributed by atoms with Crippen LogP contribution in [0.15, 0.2) is 248 Å². The lowest BCUT2D eigenvalue weighted by Crippen LogP contribution is -2.33. The summed E-state index contributed by atoms with van der Waals surface area (Å²) in [6.07, 6.45) is 18.4. The van der Waals surface area contributed by atoms with Gasteiger partial charge in [-0.15, -0.1) is 0 Å². The molecule has 0 aliphatic carbocycles. The van der Waals surface area contributed by atoms with E-state index < -0.39 is 20.9 Å². The zero-order valence-electron chi connectivity index (χ0n) is 68.0. The van der Waals surface area contributed by atoms with Gasteiger partial charge in [-0.1, -0.05) is 90.2 Å². The molecule has 20 heterocycles. The molecule has 0 fully saturated rings. The molecular weight excluding hydrogens is 1360 g/mol. The molecule has 0 spiro atoms. The number of aromatic nitrogens is 18. The fourth-order valence-corrected chi connectivity index (χ4v) is 19.2. The normalized spacial score (nSPS) is 14.5. The average Bonchev–Trinajstić information content (AvgIpc) is 1.54. The highest BCUT2D eigenvalue weighted by molar-refractivity contribution is 7.25. The minimum Gasteiger partial charge on any atom is -0.419 e. The van der Waals surface area contributed by atoms with E-state index >= 15 is 0 Å². The van der Waals surface area contributed by atoms with Crippen LogP contribution in [-0.4, -0.2) is 61.5 Å². The molecule has 26 rings (SSSR count). The highest BCUT2D eigenvalue weighted by atomic mass is 32.1. The number of aryl methyl sites for hydroxylation is 7. The van der Waals surface area contributed by atoms with Crippen LogP contribution in [0.1, 0.15) is 40.2 Å². The number of pyridine rings is 5. The van der Waals surface area contributed by atoms with Crippen molar-refractivity contribution in [1.82, 2.24) is 61.5 Å². The quantitative estimate of drug-likeness (QED) is 0.150. The molecule has 0 unspecified atom stereocenters. The van der Waals surface area contributed by atoms with Gasteiger partial charge in [0.15, 0.2) is 22.1 Å². The van der Waals surface area contributed by atoms with Gasteiger partial charge in [-0.25, -0.2) is 32.0 Å². The van der Waals surface area contributed by atoms with Gasteiger partial charge in [0.1, 0.15) is 40.9 Å². The van der Waals surface area contributed by atoms with Gasteiger partial charge in [0.25, 0.3) is 28.6 Å². The number of hydrogen-bond acceptors (Lipinski definition) is 7. The molecule has 0 N–H and O–H groups in total. The maximum atomic E-state index is 8.14. The Balaban J connectivity index is 0.0000000889. The highest BCUT2D eigenvalue weighted by Gasteiger charge is 2.41. The summed E-state index contributed by atoms with van der Waals surface area (Å²) in [5.41, 5.74) is 24.7. The van der Waals surface area contributed by atoms with Gasteiger partial charge in [-0.05, 0) is 103 Å². The van der Waals surface area contributed by atoms with Crippen LogP contribution < -0.4 is 22.8 Å². The molecule has 5 aliphatic heterocycles. The van der Waals surface area contributed by atoms with Crippen molar-refractivity contribution in [3.05, 3.63) is 272 Å². The third-order valence-corrected chi connectivity index (χ3v) is 23.7. The molecule has 0 saturated carbocycles. The van der Waals surface area contributed by atoms with Crippen molar-refractivity contribution in [2.24, 2.45) is 49.1 Å². The summed E-state index contributed by atoms with van der Waals surface area (Å²) in [6.45, 7) is -3.53. The lowest BCUT2D eigenvalue weighted by atomic mass is 10.2. The minimum absolute atomic E-state index is 0.379. The van der Waals surface area contributed by atoms with Crippen LogP contribution in [0.4, 0.5) is 0 Å². The Kier molecular flexibility index (Phi) is 11.5. The number of para-hydroxylation sites is 5. The first kappa shape index (κ1) is 53.3. The van der Waals surface area contributed by atoms with Crippen molar-refractivity contribution in [3.8, 4) is 62.6 Å². The lowest BCUT2D eigenvalue weighted by Gasteiger charge is -2.03. The van der Waals surface area contributed by atoms with E-state index in [1.165, 1.54) is 118 Å². The number of furan rings is 1. The van der Waals surface area contributed by atoms with Crippen LogP contribution in [0.5, 0.6) is 0 Å². The van der Waals surface area contributed by atoms with E-state index in [1.807, 2.05) is 104 Å². The summed E-state index contributed by atoms with van der Waals surface area (Å²) in [4.78, 5) is 22.5. The Morgan fingerprint density at radius 2 is 0.713 bits per heavy atom. The van der Waals surface area contributed by atoms with Crippen molar-refractivity contribution >= 4 is 120 Å². The summed E-state index contributed by atoms with van der Waals surface area (Å²) in [7, 11) is 8.43. The number of nitrogens with zero attached hydrogens (tertiary/aromatic N) is 18. The molecule has 0 radical (unpaired) electrons. The predicted octanol–water partition coefficient (Wildman–Crippen LogP) is 14.3. The van der Waals surface area contributed by atoms with Crippen LogP contribution in [0, 0.1) is 0 Å². The summed E-state index contributed by atoms with van der Waals surface area (Å²) in [5, 5.41) is 5.38. The molecule has 5 aliphatic rings. The Bertz CT molecular complexity index is 7620. The SMILES string of the molecule is Cn1c2[n+](c3c1c1ccccc1n3-c1ccccc1)Cc1cnccc1-2.Cn1c2[n+](c3oc4ccccc4c31)Cc1cnccc1-2.Cn1c2[n+](c3sc4ccccc4c31)Cc1cnccc1-2.[2H]C([2H])([2H])n1c2[n+](c3c1c1ccccc1n3C([2H])([2H])[2H])Cc1cnccc1-2.[2H]C([2H])([2H])n1c2[n+](c3c1c1ccccc1n3C)Cc1cnccc1-2. The van der Waals surface area contributed by atoms with Crippen molar-refractivity contribution in [2.75, 3.05) is 0 Å². The van der Waals surface area contributed by atoms with Crippen LogP contribution in [0.25, 0.3) is 171 Å². The first-order valence-corrected chi connectivity index (χ1v) is 36.7. The molecular formula is C88H71N18OS+5. The number of thiophene rings is 1. The van der Waals surface area contributed by atoms with Gasteiger partial charge in [-0.3, -0.25) is 47.8 Å². The van der Waals surface area contributed by atoms with E-state index in [-0.39, 0.29) is 0 Å². The molecule has 0 atom stereocenters. The van der Waals surface area contributed by atoms with Gasteiger partial charge in [-0.2, -0.15) is 4.57 Å². The second kappa shape index (κ2) is 23.3. The first-order valence-electron chi connectivity index (χ1n) is 40.3. The maximum Gasteiger partial charge on any atom is 0.339 e. The number of benzene rings is 6. The van der Waals surface area contributed by atoms with Gasteiger partial charge >= 0.3 is 5.71 Å². The largest absolute Gasteiger partial charge is 0.419 e. The fourth-order valence-electron chi connectivity index (χ4n) is 18.0. The second-order valence-corrected chi connectivity index (χ2v) is 29.2. The zero-order chi connectivity index (χ0) is 79.6. The van der Waals surface area contributed by atoms with Crippen molar-refractivity contribution < 1.29 is 39.6 Å². The Hall–Kier alpha value is -13.5. The molecule has 520 valence electrons. The molecule has 0 amide bonds. The molecule has 6 aromatic carbocycles. The summed E-state index contributed by atoms with van der Waals surface area (Å²) in [6, 6.07) is 61.1. The predicted molar refractivity (Wildman–Crippen MR) is 422 cm³/mol. The number of imidazole rings is 5. The van der Waals surface area contributed by atoms with Crippen LogP contribution in [0.2, 0.25) is 0 Å². The zero-order valence-corrected chi connectivity index (χ0v) is 59.8. The molecule has 0 bridgehead atoms. The Morgan fingerprint density at radius 3 is 1.26 bits per heavy atom. The van der Waals surface area contributed by atoms with Crippen LogP contribution >= 0.6 is 11.3 Å². The molecule has 20 heteroatoms. The molecule has 21 aromatic rings. The number of fused-ring (bicyclic) bond motifs is 35. The van der Waals surface area contributed by atoms with E-state index in [4.69, 9.17) is 16.8 Å². The molecule has 19 nitrogen and oxygen atoms in total. The Morgan fingerprint density at radius 1 is 0.333 bits per heavy atom. The summed E-state index contributed by atoms with van der Waals surface area (Å²) >= 11 is 1.88. The molecule has 108 heavy (non-hydrogen) atoms. The van der Waals surface area contributed by atoms with E-state index in [0.717, 1.165) is 86.6 Å². The minimum atomic E-state index is -2.46. The van der Waals surface area contributed by atoms with E-state index in [1.54, 1.807) is 53.5 Å². The van der Waals surface area contributed by atoms with Gasteiger partial charge in [0.2, 0.25) is 27.8 Å². The Labute approximate surface area is 634 Å². The molecule has 15 aromatic heterocycles. The third-order valence-electron chi connectivity index (χ3n) is 22.5. The maximum absolute atomic E-state index is 8.14. The van der Waals surface area contributed by atoms with Crippen molar-refractivity contribution in [2.45, 2.75) is 32.7 Å². The first-order chi connectivity index (χ1) is 56.7. The lowest BCUT2D eigenvalue weighted by molar-refractivity contribution is -0.652. The van der Waals surface area contributed by atoms with E-state index in [2.05, 4.69) is 196 Å². The van der Waals surface area contributed by atoms with Gasteiger partial charge in [0.05, 0.1) is 130 Å². The number of hydrogen-bond donors (Lipinski definition) is 0. The summed E-state index contributed by atoms with van der Waals surface area (Å²) < 4.78 is 107. The monoisotopic (exact) mass is 1440 g/mol. The highest BCUT2D eigenvalue weighted by Crippen LogP contribution is 2.42. The van der Waals surface area contributed by atoms with Crippen LogP contribution in [-0.2, 0) is 81.8 Å². The average molecular weight is 1440 g/mol. The topological polar surface area (TPSA) is 136 Å². The smallest absolute Gasteiger partial charge is 0.339 e. The van der Waals surface area contributed by atoms with E-state index in [9.17, 15) is 0 Å². The van der Waals surface area contributed by atoms with Crippen LogP contribution in [0.3, 0.4) is 0 Å². The fraction of sp³-hybridized carbons (Fsp3) is 0.136. The number of rotatable bonds is 1. The molecule has 0 saturated heterocycles. The van der Waals surface area contributed by atoms with Gasteiger partial charge < -0.3 is 4.42 Å². The third kappa shape index (κ3) is 8.59. The standard InChI is InChI=1S/C22H17N4.2C17H15N4.C16H12N3O.C16H12N3S/c1-24-20-18-9-5-6-10-19(18)26(16-7-3-2-4-8-16)22(20)25-14-15-13-23-12-11-17(15)21(24)25;2*1-19-14-6-4-3-5-13(14)15-17(19)21-10-11-9-18-8-7-12(11)16(21)20(15)2;2*1-18-14-12-4-2-3-5-13(12)20-16(14)19-9-10-8-17-7-6-11(10)15(18)19/h2-13H,14H2,1H3;2*3-9H,10H2,1-2H3;2*2-8H,9H2,1H3/q5*+1/i;1D3,2D3;2D3;;. The van der Waals surface area contributed by atoms with Gasteiger partial charge in [0, 0.05) is 99.9 Å². The van der Waals surface area contributed by atoms with Crippen molar-refractivity contribution in [3.63, 3.8) is 0 Å². The second-order valence-electron chi connectivity index (χ2n) is 28.2.